The molecule has 0 atom stereocenters. The van der Waals surface area contributed by atoms with Crippen LogP contribution in [0, 0.1) is 5.41 Å². The van der Waals surface area contributed by atoms with Crippen LogP contribution in [0.2, 0.25) is 0 Å². The van der Waals surface area contributed by atoms with Crippen molar-refractivity contribution in [3.8, 4) is 0 Å². The SMILES string of the molecule is CC(C)(C(=O)NCc1cccnc1)C(=O)NCc1cccnc1. The zero-order valence-corrected chi connectivity index (χ0v) is 13.2. The molecule has 0 radical (unpaired) electrons. The molecule has 2 heterocycles. The Kier molecular flexibility index (Phi) is 5.41. The monoisotopic (exact) mass is 312 g/mol. The molecule has 0 unspecified atom stereocenters. The fraction of sp³-hybridized carbons (Fsp3) is 0.294. The van der Waals surface area contributed by atoms with Crippen molar-refractivity contribution in [2.75, 3.05) is 0 Å². The van der Waals surface area contributed by atoms with Crippen molar-refractivity contribution in [3.63, 3.8) is 0 Å². The second kappa shape index (κ2) is 7.49. The summed E-state index contributed by atoms with van der Waals surface area (Å²) >= 11 is 0. The number of carbonyl (C=O) groups excluding carboxylic acids is 2. The van der Waals surface area contributed by atoms with Gasteiger partial charge in [0.2, 0.25) is 11.8 Å². The van der Waals surface area contributed by atoms with E-state index in [9.17, 15) is 9.59 Å². The lowest BCUT2D eigenvalue weighted by atomic mass is 9.91. The minimum Gasteiger partial charge on any atom is -0.351 e. The van der Waals surface area contributed by atoms with Crippen molar-refractivity contribution in [1.82, 2.24) is 20.6 Å². The number of hydrogen-bond acceptors (Lipinski definition) is 4. The van der Waals surface area contributed by atoms with Crippen LogP contribution in [0.4, 0.5) is 0 Å². The predicted octanol–water partition coefficient (Wildman–Crippen LogP) is 1.44. The van der Waals surface area contributed by atoms with Gasteiger partial charge in [0.15, 0.2) is 0 Å². The first-order valence-corrected chi connectivity index (χ1v) is 7.34. The number of amides is 2. The van der Waals surface area contributed by atoms with E-state index in [-0.39, 0.29) is 11.8 Å². The first kappa shape index (κ1) is 16.6. The first-order valence-electron chi connectivity index (χ1n) is 7.34. The molecule has 2 aromatic rings. The number of aromatic nitrogens is 2. The third kappa shape index (κ3) is 4.60. The van der Waals surface area contributed by atoms with E-state index in [0.717, 1.165) is 11.1 Å². The Balaban J connectivity index is 1.88. The molecule has 0 aliphatic rings. The summed E-state index contributed by atoms with van der Waals surface area (Å²) in [4.78, 5) is 32.5. The summed E-state index contributed by atoms with van der Waals surface area (Å²) in [5.74, 6) is -0.657. The van der Waals surface area contributed by atoms with E-state index in [0.29, 0.717) is 13.1 Å². The van der Waals surface area contributed by atoms with Gasteiger partial charge in [0.05, 0.1) is 0 Å². The van der Waals surface area contributed by atoms with Crippen LogP contribution >= 0.6 is 0 Å². The molecule has 120 valence electrons. The molecule has 0 bridgehead atoms. The fourth-order valence-corrected chi connectivity index (χ4v) is 1.92. The Morgan fingerprint density at radius 2 is 1.35 bits per heavy atom. The second-order valence-electron chi connectivity index (χ2n) is 5.71. The topological polar surface area (TPSA) is 84.0 Å². The van der Waals surface area contributed by atoms with Crippen molar-refractivity contribution in [3.05, 3.63) is 60.2 Å². The van der Waals surface area contributed by atoms with Gasteiger partial charge < -0.3 is 10.6 Å². The maximum atomic E-state index is 12.3. The molecule has 0 aliphatic carbocycles. The molecule has 0 fully saturated rings. The van der Waals surface area contributed by atoms with Gasteiger partial charge >= 0.3 is 0 Å². The molecule has 6 heteroatoms. The molecule has 0 saturated carbocycles. The summed E-state index contributed by atoms with van der Waals surface area (Å²) < 4.78 is 0. The average molecular weight is 312 g/mol. The fourth-order valence-electron chi connectivity index (χ4n) is 1.92. The highest BCUT2D eigenvalue weighted by atomic mass is 16.2. The minimum absolute atomic E-state index is 0.329. The van der Waals surface area contributed by atoms with Crippen LogP contribution in [-0.4, -0.2) is 21.8 Å². The molecule has 6 nitrogen and oxygen atoms in total. The highest BCUT2D eigenvalue weighted by molar-refractivity contribution is 6.04. The Hall–Kier alpha value is -2.76. The van der Waals surface area contributed by atoms with Gasteiger partial charge in [0.25, 0.3) is 0 Å². The van der Waals surface area contributed by atoms with Gasteiger partial charge in [-0.2, -0.15) is 0 Å². The van der Waals surface area contributed by atoms with Gasteiger partial charge in [-0.25, -0.2) is 0 Å². The molecule has 2 aromatic heterocycles. The zero-order chi connectivity index (χ0) is 16.7. The largest absolute Gasteiger partial charge is 0.351 e. The maximum absolute atomic E-state index is 12.3. The molecule has 0 aliphatic heterocycles. The predicted molar refractivity (Wildman–Crippen MR) is 85.9 cm³/mol. The van der Waals surface area contributed by atoms with Gasteiger partial charge in [-0.15, -0.1) is 0 Å². The normalized spacial score (nSPS) is 10.9. The summed E-state index contributed by atoms with van der Waals surface area (Å²) in [6.07, 6.45) is 6.69. The molecule has 0 spiro atoms. The van der Waals surface area contributed by atoms with E-state index in [1.165, 1.54) is 0 Å². The van der Waals surface area contributed by atoms with E-state index in [4.69, 9.17) is 0 Å². The average Bonchev–Trinajstić information content (AvgIpc) is 2.59. The molecule has 0 aromatic carbocycles. The van der Waals surface area contributed by atoms with Crippen molar-refractivity contribution >= 4 is 11.8 Å². The van der Waals surface area contributed by atoms with E-state index < -0.39 is 5.41 Å². The van der Waals surface area contributed by atoms with E-state index in [2.05, 4.69) is 20.6 Å². The molecule has 2 N–H and O–H groups in total. The van der Waals surface area contributed by atoms with Gasteiger partial charge in [-0.05, 0) is 37.1 Å². The summed E-state index contributed by atoms with van der Waals surface area (Å²) in [6, 6.07) is 7.33. The summed E-state index contributed by atoms with van der Waals surface area (Å²) in [5.41, 5.74) is 0.601. The third-order valence-corrected chi connectivity index (χ3v) is 3.49. The van der Waals surface area contributed by atoms with Crippen LogP contribution in [0.3, 0.4) is 0 Å². The number of rotatable bonds is 6. The summed E-state index contributed by atoms with van der Waals surface area (Å²) in [7, 11) is 0. The Morgan fingerprint density at radius 3 is 1.70 bits per heavy atom. The van der Waals surface area contributed by atoms with E-state index >= 15 is 0 Å². The van der Waals surface area contributed by atoms with Gasteiger partial charge in [-0.1, -0.05) is 12.1 Å². The van der Waals surface area contributed by atoms with Crippen LogP contribution in [-0.2, 0) is 22.7 Å². The Morgan fingerprint density at radius 1 is 0.913 bits per heavy atom. The maximum Gasteiger partial charge on any atom is 0.235 e. The van der Waals surface area contributed by atoms with Gasteiger partial charge in [0, 0.05) is 37.9 Å². The molecular weight excluding hydrogens is 292 g/mol. The van der Waals surface area contributed by atoms with E-state index in [1.807, 2.05) is 12.1 Å². The number of nitrogens with one attached hydrogen (secondary N) is 2. The molecule has 0 saturated heterocycles. The van der Waals surface area contributed by atoms with Crippen LogP contribution < -0.4 is 10.6 Å². The minimum atomic E-state index is -1.16. The smallest absolute Gasteiger partial charge is 0.235 e. The highest BCUT2D eigenvalue weighted by Gasteiger charge is 2.35. The Labute approximate surface area is 135 Å². The quantitative estimate of drug-likeness (QED) is 0.791. The summed E-state index contributed by atoms with van der Waals surface area (Å²) in [6.45, 7) is 3.88. The van der Waals surface area contributed by atoms with Crippen molar-refractivity contribution in [1.29, 1.82) is 0 Å². The van der Waals surface area contributed by atoms with E-state index in [1.54, 1.807) is 50.8 Å². The highest BCUT2D eigenvalue weighted by Crippen LogP contribution is 2.16. The van der Waals surface area contributed by atoms with Crippen LogP contribution in [0.5, 0.6) is 0 Å². The lowest BCUT2D eigenvalue weighted by molar-refractivity contribution is -0.141. The molecule has 2 rings (SSSR count). The van der Waals surface area contributed by atoms with Crippen molar-refractivity contribution in [2.24, 2.45) is 5.41 Å². The number of pyridine rings is 2. The van der Waals surface area contributed by atoms with Crippen molar-refractivity contribution < 1.29 is 9.59 Å². The van der Waals surface area contributed by atoms with Gasteiger partial charge in [-0.3, -0.25) is 19.6 Å². The zero-order valence-electron chi connectivity index (χ0n) is 13.2. The number of hydrogen-bond donors (Lipinski definition) is 2. The van der Waals surface area contributed by atoms with Crippen LogP contribution in [0.25, 0.3) is 0 Å². The van der Waals surface area contributed by atoms with Gasteiger partial charge in [0.1, 0.15) is 5.41 Å². The first-order chi connectivity index (χ1) is 11.0. The van der Waals surface area contributed by atoms with Crippen LogP contribution in [0.15, 0.2) is 49.1 Å². The number of nitrogens with zero attached hydrogens (tertiary/aromatic N) is 2. The molecular formula is C17H20N4O2. The molecule has 23 heavy (non-hydrogen) atoms. The molecule has 2 amide bonds. The lowest BCUT2D eigenvalue weighted by Gasteiger charge is -2.22. The standard InChI is InChI=1S/C17H20N4O2/c1-17(2,15(22)20-11-13-5-3-7-18-9-13)16(23)21-12-14-6-4-8-19-10-14/h3-10H,11-12H2,1-2H3,(H,20,22)(H,21,23). The van der Waals surface area contributed by atoms with Crippen LogP contribution in [0.1, 0.15) is 25.0 Å². The Bertz CT molecular complexity index is 599. The van der Waals surface area contributed by atoms with Crippen molar-refractivity contribution in [2.45, 2.75) is 26.9 Å². The third-order valence-electron chi connectivity index (χ3n) is 3.49. The lowest BCUT2D eigenvalue weighted by Crippen LogP contribution is -2.47. The number of carbonyl (C=O) groups is 2. The summed E-state index contributed by atoms with van der Waals surface area (Å²) in [5, 5.41) is 5.53. The second-order valence-corrected chi connectivity index (χ2v) is 5.71.